The maximum absolute atomic E-state index is 11.9. The molecule has 1 aromatic heterocycles. The highest BCUT2D eigenvalue weighted by Crippen LogP contribution is 2.37. The van der Waals surface area contributed by atoms with Gasteiger partial charge in [0.05, 0.1) is 18.4 Å². The minimum atomic E-state index is -0.162. The maximum atomic E-state index is 11.9. The van der Waals surface area contributed by atoms with Gasteiger partial charge >= 0.3 is 0 Å². The maximum Gasteiger partial charge on any atom is 0.255 e. The van der Waals surface area contributed by atoms with Crippen LogP contribution in [-0.2, 0) is 0 Å². The van der Waals surface area contributed by atoms with Crippen LogP contribution in [0, 0.1) is 5.41 Å². The number of carbonyl (C=O) groups is 1. The lowest BCUT2D eigenvalue weighted by atomic mass is 9.87. The van der Waals surface area contributed by atoms with Gasteiger partial charge in [-0.05, 0) is 34.8 Å². The first-order valence-corrected chi connectivity index (χ1v) is 6.58. The van der Waals surface area contributed by atoms with Crippen LogP contribution in [0.2, 0.25) is 0 Å². The SMILES string of the molecule is O=C(NCC1(CO)CCCC1)c1ccoc1Br. The van der Waals surface area contributed by atoms with Crippen LogP contribution in [0.25, 0.3) is 0 Å². The Kier molecular flexibility index (Phi) is 3.89. The molecule has 17 heavy (non-hydrogen) atoms. The van der Waals surface area contributed by atoms with E-state index in [0.29, 0.717) is 16.8 Å². The molecule has 1 aliphatic carbocycles. The van der Waals surface area contributed by atoms with Gasteiger partial charge in [0.25, 0.3) is 5.91 Å². The molecule has 1 heterocycles. The fraction of sp³-hybridized carbons (Fsp3) is 0.583. The molecule has 0 bridgehead atoms. The van der Waals surface area contributed by atoms with Crippen molar-refractivity contribution in [1.29, 1.82) is 0 Å². The summed E-state index contributed by atoms with van der Waals surface area (Å²) in [5.41, 5.74) is 0.377. The first-order chi connectivity index (χ1) is 8.17. The normalized spacial score (nSPS) is 18.2. The van der Waals surface area contributed by atoms with Gasteiger partial charge in [-0.1, -0.05) is 12.8 Å². The molecule has 1 amide bonds. The number of aliphatic hydroxyl groups excluding tert-OH is 1. The van der Waals surface area contributed by atoms with E-state index in [-0.39, 0.29) is 17.9 Å². The van der Waals surface area contributed by atoms with E-state index >= 15 is 0 Å². The van der Waals surface area contributed by atoms with Crippen molar-refractivity contribution in [1.82, 2.24) is 5.32 Å². The van der Waals surface area contributed by atoms with Crippen molar-refractivity contribution in [3.05, 3.63) is 22.6 Å². The van der Waals surface area contributed by atoms with E-state index < -0.39 is 0 Å². The zero-order valence-electron chi connectivity index (χ0n) is 9.54. The monoisotopic (exact) mass is 301 g/mol. The lowest BCUT2D eigenvalue weighted by molar-refractivity contribution is 0.0879. The fourth-order valence-corrected chi connectivity index (χ4v) is 2.75. The van der Waals surface area contributed by atoms with Crippen molar-refractivity contribution in [2.24, 2.45) is 5.41 Å². The van der Waals surface area contributed by atoms with Crippen molar-refractivity contribution >= 4 is 21.8 Å². The fourth-order valence-electron chi connectivity index (χ4n) is 2.33. The Morgan fingerprint density at radius 2 is 2.24 bits per heavy atom. The third kappa shape index (κ3) is 2.72. The Hall–Kier alpha value is -0.810. The van der Waals surface area contributed by atoms with Gasteiger partial charge in [-0.3, -0.25) is 4.79 Å². The standard InChI is InChI=1S/C12H16BrNO3/c13-10-9(3-6-17-10)11(16)14-7-12(8-15)4-1-2-5-12/h3,6,15H,1-2,4-5,7-8H2,(H,14,16). The van der Waals surface area contributed by atoms with Crippen LogP contribution >= 0.6 is 15.9 Å². The number of carbonyl (C=O) groups excluding carboxylic acids is 1. The molecule has 0 unspecified atom stereocenters. The first kappa shape index (κ1) is 12.6. The van der Waals surface area contributed by atoms with E-state index in [1.807, 2.05) is 0 Å². The summed E-state index contributed by atoms with van der Waals surface area (Å²) in [6.45, 7) is 0.666. The van der Waals surface area contributed by atoms with E-state index in [4.69, 9.17) is 4.42 Å². The van der Waals surface area contributed by atoms with Crippen molar-refractivity contribution in [3.8, 4) is 0 Å². The molecule has 1 aromatic rings. The van der Waals surface area contributed by atoms with Gasteiger partial charge < -0.3 is 14.8 Å². The van der Waals surface area contributed by atoms with Crippen molar-refractivity contribution < 1.29 is 14.3 Å². The minimum Gasteiger partial charge on any atom is -0.457 e. The summed E-state index contributed by atoms with van der Waals surface area (Å²) in [5.74, 6) is -0.162. The summed E-state index contributed by atoms with van der Waals surface area (Å²) in [7, 11) is 0. The Morgan fingerprint density at radius 3 is 2.76 bits per heavy atom. The number of halogens is 1. The molecule has 1 saturated carbocycles. The molecule has 0 aromatic carbocycles. The lowest BCUT2D eigenvalue weighted by Crippen LogP contribution is -2.38. The second kappa shape index (κ2) is 5.23. The molecule has 0 saturated heterocycles. The van der Waals surface area contributed by atoms with Gasteiger partial charge in [-0.15, -0.1) is 0 Å². The molecule has 0 spiro atoms. The number of furan rings is 1. The number of aliphatic hydroxyl groups is 1. The van der Waals surface area contributed by atoms with Gasteiger partial charge in [0.2, 0.25) is 0 Å². The van der Waals surface area contributed by atoms with E-state index in [1.165, 1.54) is 6.26 Å². The zero-order valence-corrected chi connectivity index (χ0v) is 11.1. The van der Waals surface area contributed by atoms with Crippen LogP contribution in [0.5, 0.6) is 0 Å². The quantitative estimate of drug-likeness (QED) is 0.897. The van der Waals surface area contributed by atoms with Crippen molar-refractivity contribution in [2.75, 3.05) is 13.2 Å². The molecular formula is C12H16BrNO3. The number of amides is 1. The lowest BCUT2D eigenvalue weighted by Gasteiger charge is -2.26. The molecular weight excluding hydrogens is 286 g/mol. The van der Waals surface area contributed by atoms with Crippen LogP contribution in [0.15, 0.2) is 21.4 Å². The third-order valence-corrected chi connectivity index (χ3v) is 4.10. The highest BCUT2D eigenvalue weighted by Gasteiger charge is 2.33. The number of rotatable bonds is 4. The number of hydrogen-bond donors (Lipinski definition) is 2. The Morgan fingerprint density at radius 1 is 1.53 bits per heavy atom. The summed E-state index contributed by atoms with van der Waals surface area (Å²) in [5, 5.41) is 12.3. The van der Waals surface area contributed by atoms with Crippen LogP contribution < -0.4 is 5.32 Å². The molecule has 1 fully saturated rings. The molecule has 4 nitrogen and oxygen atoms in total. The average molecular weight is 302 g/mol. The van der Waals surface area contributed by atoms with Crippen molar-refractivity contribution in [2.45, 2.75) is 25.7 Å². The predicted molar refractivity (Wildman–Crippen MR) is 66.7 cm³/mol. The molecule has 94 valence electrons. The smallest absolute Gasteiger partial charge is 0.255 e. The number of hydrogen-bond acceptors (Lipinski definition) is 3. The van der Waals surface area contributed by atoms with E-state index in [0.717, 1.165) is 25.7 Å². The highest BCUT2D eigenvalue weighted by atomic mass is 79.9. The van der Waals surface area contributed by atoms with Gasteiger partial charge in [-0.2, -0.15) is 0 Å². The molecule has 2 rings (SSSR count). The topological polar surface area (TPSA) is 62.5 Å². The molecule has 2 N–H and O–H groups in total. The van der Waals surface area contributed by atoms with E-state index in [1.54, 1.807) is 6.07 Å². The largest absolute Gasteiger partial charge is 0.457 e. The van der Waals surface area contributed by atoms with Gasteiger partial charge in [0.15, 0.2) is 4.67 Å². The summed E-state index contributed by atoms with van der Waals surface area (Å²) in [6.07, 6.45) is 5.70. The van der Waals surface area contributed by atoms with Crippen LogP contribution in [-0.4, -0.2) is 24.2 Å². The second-order valence-electron chi connectivity index (χ2n) is 4.66. The van der Waals surface area contributed by atoms with Crippen LogP contribution in [0.4, 0.5) is 0 Å². The number of nitrogens with one attached hydrogen (secondary N) is 1. The van der Waals surface area contributed by atoms with Gasteiger partial charge in [0, 0.05) is 12.0 Å². The predicted octanol–water partition coefficient (Wildman–Crippen LogP) is 2.32. The van der Waals surface area contributed by atoms with Crippen molar-refractivity contribution in [3.63, 3.8) is 0 Å². The first-order valence-electron chi connectivity index (χ1n) is 5.79. The summed E-state index contributed by atoms with van der Waals surface area (Å²) in [4.78, 5) is 11.9. The third-order valence-electron chi connectivity index (χ3n) is 3.49. The summed E-state index contributed by atoms with van der Waals surface area (Å²) >= 11 is 3.17. The van der Waals surface area contributed by atoms with Crippen LogP contribution in [0.3, 0.4) is 0 Å². The highest BCUT2D eigenvalue weighted by molar-refractivity contribution is 9.10. The van der Waals surface area contributed by atoms with Gasteiger partial charge in [-0.25, -0.2) is 0 Å². The molecule has 5 heteroatoms. The average Bonchev–Trinajstić information content (AvgIpc) is 2.95. The molecule has 0 atom stereocenters. The zero-order chi connectivity index (χ0) is 12.3. The second-order valence-corrected chi connectivity index (χ2v) is 5.38. The van der Waals surface area contributed by atoms with E-state index in [9.17, 15) is 9.90 Å². The van der Waals surface area contributed by atoms with E-state index in [2.05, 4.69) is 21.2 Å². The summed E-state index contributed by atoms with van der Waals surface area (Å²) < 4.78 is 5.46. The molecule has 1 aliphatic rings. The Bertz CT molecular complexity index is 396. The van der Waals surface area contributed by atoms with Gasteiger partial charge in [0.1, 0.15) is 0 Å². The summed E-state index contributed by atoms with van der Waals surface area (Å²) in [6, 6.07) is 1.62. The molecule has 0 radical (unpaired) electrons. The van der Waals surface area contributed by atoms with Crippen LogP contribution in [0.1, 0.15) is 36.0 Å². The Labute approximate surface area is 109 Å². The molecule has 0 aliphatic heterocycles. The Balaban J connectivity index is 1.94. The minimum absolute atomic E-state index is 0.119.